The van der Waals surface area contributed by atoms with Crippen LogP contribution in [0.2, 0.25) is 5.02 Å². The van der Waals surface area contributed by atoms with Crippen LogP contribution in [-0.2, 0) is 4.74 Å². The molecule has 0 bridgehead atoms. The van der Waals surface area contributed by atoms with Crippen LogP contribution in [0.5, 0.6) is 5.75 Å². The van der Waals surface area contributed by atoms with Crippen LogP contribution in [0.3, 0.4) is 0 Å². The first-order valence-electron chi connectivity index (χ1n) is 7.39. The van der Waals surface area contributed by atoms with Gasteiger partial charge in [-0.1, -0.05) is 17.7 Å². The molecule has 1 aromatic rings. The lowest BCUT2D eigenvalue weighted by molar-refractivity contribution is -0.0786. The molecule has 2 rings (SSSR count). The molecule has 1 N–H and O–H groups in total. The van der Waals surface area contributed by atoms with Crippen molar-refractivity contribution in [3.05, 3.63) is 28.8 Å². The number of hydrogen-bond acceptors (Lipinski definition) is 4. The third-order valence-electron chi connectivity index (χ3n) is 3.55. The van der Waals surface area contributed by atoms with Gasteiger partial charge in [0.1, 0.15) is 18.5 Å². The molecule has 1 aromatic carbocycles. The molecule has 0 spiro atoms. The quantitative estimate of drug-likeness (QED) is 0.907. The summed E-state index contributed by atoms with van der Waals surface area (Å²) in [6.45, 7) is 8.61. The number of halogens is 1. The number of morpholine rings is 1. The Hall–Kier alpha value is -0.810. The number of aryl methyl sites for hydroxylation is 1. The van der Waals surface area contributed by atoms with E-state index in [-0.39, 0.29) is 18.8 Å². The molecule has 0 amide bonds. The van der Waals surface area contributed by atoms with E-state index in [4.69, 9.17) is 21.1 Å². The molecule has 3 unspecified atom stereocenters. The van der Waals surface area contributed by atoms with Gasteiger partial charge in [0, 0.05) is 24.7 Å². The van der Waals surface area contributed by atoms with E-state index in [1.54, 1.807) is 6.07 Å². The van der Waals surface area contributed by atoms with Gasteiger partial charge in [0.15, 0.2) is 0 Å². The van der Waals surface area contributed by atoms with Crippen LogP contribution in [0.15, 0.2) is 18.2 Å². The number of aliphatic hydroxyl groups excluding tert-OH is 1. The Bertz CT molecular complexity index is 459. The third-order valence-corrected chi connectivity index (χ3v) is 3.96. The lowest BCUT2D eigenvalue weighted by Gasteiger charge is -2.36. The molecule has 1 saturated heterocycles. The first-order valence-corrected chi connectivity index (χ1v) is 7.76. The Balaban J connectivity index is 1.79. The SMILES string of the molecule is Cc1ccc(OCC(O)CN2CC(C)OC(C)C2)cc1Cl. The zero-order valence-corrected chi connectivity index (χ0v) is 13.6. The average Bonchev–Trinajstić information content (AvgIpc) is 2.39. The van der Waals surface area contributed by atoms with Crippen LogP contribution in [0.4, 0.5) is 0 Å². The zero-order valence-electron chi connectivity index (χ0n) is 12.9. The number of nitrogens with zero attached hydrogens (tertiary/aromatic N) is 1. The maximum atomic E-state index is 10.1. The van der Waals surface area contributed by atoms with Gasteiger partial charge in [0.25, 0.3) is 0 Å². The molecule has 5 heteroatoms. The van der Waals surface area contributed by atoms with Crippen molar-refractivity contribution in [2.24, 2.45) is 0 Å². The fourth-order valence-electron chi connectivity index (χ4n) is 2.64. The van der Waals surface area contributed by atoms with Crippen LogP contribution in [0.1, 0.15) is 19.4 Å². The highest BCUT2D eigenvalue weighted by molar-refractivity contribution is 6.31. The van der Waals surface area contributed by atoms with Gasteiger partial charge < -0.3 is 14.6 Å². The summed E-state index contributed by atoms with van der Waals surface area (Å²) in [6.07, 6.45) is -0.113. The topological polar surface area (TPSA) is 41.9 Å². The van der Waals surface area contributed by atoms with Crippen LogP contribution in [0, 0.1) is 6.92 Å². The van der Waals surface area contributed by atoms with Gasteiger partial charge in [-0.2, -0.15) is 0 Å². The monoisotopic (exact) mass is 313 g/mol. The van der Waals surface area contributed by atoms with Crippen LogP contribution in [-0.4, -0.2) is 54.6 Å². The Kier molecular flexibility index (Phi) is 5.88. The maximum absolute atomic E-state index is 10.1. The molecule has 0 radical (unpaired) electrons. The van der Waals surface area contributed by atoms with Gasteiger partial charge in [-0.3, -0.25) is 4.90 Å². The molecule has 1 aliphatic rings. The van der Waals surface area contributed by atoms with E-state index >= 15 is 0 Å². The van der Waals surface area contributed by atoms with Crippen LogP contribution in [0.25, 0.3) is 0 Å². The zero-order chi connectivity index (χ0) is 15.4. The van der Waals surface area contributed by atoms with Gasteiger partial charge >= 0.3 is 0 Å². The average molecular weight is 314 g/mol. The Morgan fingerprint density at radius 1 is 1.38 bits per heavy atom. The number of hydrogen-bond donors (Lipinski definition) is 1. The molecule has 118 valence electrons. The molecular formula is C16H24ClNO3. The van der Waals surface area contributed by atoms with E-state index in [0.717, 1.165) is 18.7 Å². The predicted octanol–water partition coefficient (Wildman–Crippen LogP) is 2.50. The molecule has 1 heterocycles. The van der Waals surface area contributed by atoms with Gasteiger partial charge in [-0.15, -0.1) is 0 Å². The molecule has 0 saturated carbocycles. The Morgan fingerprint density at radius 2 is 2.05 bits per heavy atom. The van der Waals surface area contributed by atoms with Crippen LogP contribution >= 0.6 is 11.6 Å². The number of ether oxygens (including phenoxy) is 2. The second-order valence-electron chi connectivity index (χ2n) is 5.85. The summed E-state index contributed by atoms with van der Waals surface area (Å²) in [5.41, 5.74) is 1.01. The van der Waals surface area contributed by atoms with Crippen molar-refractivity contribution in [2.45, 2.75) is 39.1 Å². The molecule has 21 heavy (non-hydrogen) atoms. The van der Waals surface area contributed by atoms with Crippen molar-refractivity contribution < 1.29 is 14.6 Å². The largest absolute Gasteiger partial charge is 0.491 e. The van der Waals surface area contributed by atoms with Crippen molar-refractivity contribution in [1.29, 1.82) is 0 Å². The minimum Gasteiger partial charge on any atom is -0.491 e. The predicted molar refractivity (Wildman–Crippen MR) is 84.1 cm³/mol. The van der Waals surface area contributed by atoms with E-state index in [2.05, 4.69) is 18.7 Å². The lowest BCUT2D eigenvalue weighted by Crippen LogP contribution is -2.48. The van der Waals surface area contributed by atoms with E-state index in [1.165, 1.54) is 0 Å². The number of β-amino-alcohol motifs (C(OH)–C–C–N with tert-alkyl or cyclic N) is 1. The summed E-state index contributed by atoms with van der Waals surface area (Å²) in [5, 5.41) is 10.8. The highest BCUT2D eigenvalue weighted by Gasteiger charge is 2.23. The Morgan fingerprint density at radius 3 is 2.67 bits per heavy atom. The highest BCUT2D eigenvalue weighted by atomic mass is 35.5. The van der Waals surface area contributed by atoms with E-state index in [9.17, 15) is 5.11 Å². The van der Waals surface area contributed by atoms with Crippen molar-refractivity contribution in [1.82, 2.24) is 4.90 Å². The normalized spacial score (nSPS) is 24.8. The van der Waals surface area contributed by atoms with E-state index in [1.807, 2.05) is 19.1 Å². The van der Waals surface area contributed by atoms with Crippen molar-refractivity contribution >= 4 is 11.6 Å². The highest BCUT2D eigenvalue weighted by Crippen LogP contribution is 2.21. The van der Waals surface area contributed by atoms with E-state index in [0.29, 0.717) is 17.3 Å². The first-order chi connectivity index (χ1) is 9.94. The second kappa shape index (κ2) is 7.45. The number of aliphatic hydroxyl groups is 1. The summed E-state index contributed by atoms with van der Waals surface area (Å²) < 4.78 is 11.3. The molecule has 0 aliphatic carbocycles. The molecule has 3 atom stereocenters. The smallest absolute Gasteiger partial charge is 0.120 e. The minimum atomic E-state index is -0.525. The lowest BCUT2D eigenvalue weighted by atomic mass is 10.2. The fraction of sp³-hybridized carbons (Fsp3) is 0.625. The minimum absolute atomic E-state index is 0.206. The van der Waals surface area contributed by atoms with E-state index < -0.39 is 6.10 Å². The van der Waals surface area contributed by atoms with Crippen molar-refractivity contribution in [3.63, 3.8) is 0 Å². The summed E-state index contributed by atoms with van der Waals surface area (Å²) in [4.78, 5) is 2.22. The molecule has 1 aliphatic heterocycles. The standard InChI is InChI=1S/C16H24ClNO3/c1-11-4-5-15(6-16(11)17)20-10-14(19)9-18-7-12(2)21-13(3)8-18/h4-6,12-14,19H,7-10H2,1-3H3. The Labute approximate surface area is 131 Å². The fourth-order valence-corrected chi connectivity index (χ4v) is 2.81. The number of rotatable bonds is 5. The molecule has 0 aromatic heterocycles. The van der Waals surface area contributed by atoms with Crippen molar-refractivity contribution in [2.75, 3.05) is 26.2 Å². The number of benzene rings is 1. The molecule has 1 fully saturated rings. The van der Waals surface area contributed by atoms with Gasteiger partial charge in [0.2, 0.25) is 0 Å². The van der Waals surface area contributed by atoms with Crippen molar-refractivity contribution in [3.8, 4) is 5.75 Å². The van der Waals surface area contributed by atoms with Gasteiger partial charge in [-0.25, -0.2) is 0 Å². The maximum Gasteiger partial charge on any atom is 0.120 e. The molecular weight excluding hydrogens is 290 g/mol. The summed E-state index contributed by atoms with van der Waals surface area (Å²) in [6, 6.07) is 5.56. The summed E-state index contributed by atoms with van der Waals surface area (Å²) in [7, 11) is 0. The van der Waals surface area contributed by atoms with Crippen LogP contribution < -0.4 is 4.74 Å². The second-order valence-corrected chi connectivity index (χ2v) is 6.26. The van der Waals surface area contributed by atoms with Gasteiger partial charge in [-0.05, 0) is 38.5 Å². The third kappa shape index (κ3) is 5.15. The first kappa shape index (κ1) is 16.6. The summed E-state index contributed by atoms with van der Waals surface area (Å²) >= 11 is 6.05. The summed E-state index contributed by atoms with van der Waals surface area (Å²) in [5.74, 6) is 0.688. The molecule has 4 nitrogen and oxygen atoms in total. The van der Waals surface area contributed by atoms with Gasteiger partial charge in [0.05, 0.1) is 12.2 Å².